The summed E-state index contributed by atoms with van der Waals surface area (Å²) in [6.45, 7) is 9.97. The Bertz CT molecular complexity index is 659. The van der Waals surface area contributed by atoms with E-state index in [0.717, 1.165) is 23.2 Å². The van der Waals surface area contributed by atoms with Crippen molar-refractivity contribution in [3.8, 4) is 0 Å². The maximum atomic E-state index is 12.3. The number of rotatable bonds is 6. The van der Waals surface area contributed by atoms with Crippen molar-refractivity contribution in [1.29, 1.82) is 0 Å². The lowest BCUT2D eigenvalue weighted by Crippen LogP contribution is -2.22. The first kappa shape index (κ1) is 20.1. The van der Waals surface area contributed by atoms with Crippen LogP contribution in [-0.4, -0.2) is 24.7 Å². The van der Waals surface area contributed by atoms with Gasteiger partial charge in [0.05, 0.1) is 0 Å². The van der Waals surface area contributed by atoms with Crippen LogP contribution in [0.2, 0.25) is 0 Å². The quantitative estimate of drug-likeness (QED) is 0.490. The maximum Gasteiger partial charge on any atom is 0.233 e. The Hall–Kier alpha value is -1.94. The normalized spacial score (nSPS) is 9.71. The Morgan fingerprint density at radius 1 is 0.792 bits per heavy atom. The Labute approximate surface area is 152 Å². The Balaban J connectivity index is 0.00000139. The highest BCUT2D eigenvalue weighted by atomic mass is 79.9. The van der Waals surface area contributed by atoms with Crippen LogP contribution in [0.5, 0.6) is 0 Å². The molecule has 0 fully saturated rings. The third kappa shape index (κ3) is 5.03. The summed E-state index contributed by atoms with van der Waals surface area (Å²) in [6, 6.07) is 14.0. The second-order valence-electron chi connectivity index (χ2n) is 4.88. The van der Waals surface area contributed by atoms with Crippen molar-refractivity contribution in [1.82, 2.24) is 0 Å². The summed E-state index contributed by atoms with van der Waals surface area (Å²) in [6.07, 6.45) is 0. The van der Waals surface area contributed by atoms with Gasteiger partial charge in [-0.3, -0.25) is 9.59 Å². The summed E-state index contributed by atoms with van der Waals surface area (Å²) in [5.41, 5.74) is 1.88. The standard InChI is InChI=1S/C18H18BrNO2.C2H6/c1-3-20(4-2)16-11-7-14(8-12-16)18(22)17(21)13-5-9-15(19)10-6-13;1-2/h5-12H,3-4H2,1-2H3;1-2H3. The zero-order valence-electron chi connectivity index (χ0n) is 14.7. The highest BCUT2D eigenvalue weighted by molar-refractivity contribution is 9.10. The van der Waals surface area contributed by atoms with Crippen LogP contribution in [0.25, 0.3) is 0 Å². The van der Waals surface area contributed by atoms with Crippen molar-refractivity contribution < 1.29 is 9.59 Å². The van der Waals surface area contributed by atoms with Crippen LogP contribution >= 0.6 is 15.9 Å². The molecule has 24 heavy (non-hydrogen) atoms. The van der Waals surface area contributed by atoms with E-state index in [1.165, 1.54) is 0 Å². The number of hydrogen-bond acceptors (Lipinski definition) is 3. The predicted octanol–water partition coefficient (Wildman–Crippen LogP) is 5.39. The topological polar surface area (TPSA) is 37.4 Å². The first-order valence-electron chi connectivity index (χ1n) is 8.26. The summed E-state index contributed by atoms with van der Waals surface area (Å²) >= 11 is 3.31. The van der Waals surface area contributed by atoms with Gasteiger partial charge in [-0.2, -0.15) is 0 Å². The molecule has 2 rings (SSSR count). The molecule has 2 aromatic rings. The lowest BCUT2D eigenvalue weighted by Gasteiger charge is -2.20. The highest BCUT2D eigenvalue weighted by Crippen LogP contribution is 2.17. The number of nitrogens with zero attached hydrogens (tertiary/aromatic N) is 1. The Morgan fingerprint density at radius 2 is 1.17 bits per heavy atom. The van der Waals surface area contributed by atoms with Gasteiger partial charge in [0, 0.05) is 34.4 Å². The fraction of sp³-hybridized carbons (Fsp3) is 0.300. The van der Waals surface area contributed by atoms with Crippen LogP contribution in [0.15, 0.2) is 53.0 Å². The van der Waals surface area contributed by atoms with Crippen molar-refractivity contribution in [3.05, 3.63) is 64.1 Å². The Morgan fingerprint density at radius 3 is 1.54 bits per heavy atom. The van der Waals surface area contributed by atoms with Crippen LogP contribution in [0.3, 0.4) is 0 Å². The smallest absolute Gasteiger partial charge is 0.233 e. The molecule has 0 unspecified atom stereocenters. The van der Waals surface area contributed by atoms with Crippen molar-refractivity contribution in [3.63, 3.8) is 0 Å². The number of carbonyl (C=O) groups excluding carboxylic acids is 2. The zero-order valence-corrected chi connectivity index (χ0v) is 16.3. The summed E-state index contributed by atoms with van der Waals surface area (Å²) < 4.78 is 0.875. The van der Waals surface area contributed by atoms with E-state index >= 15 is 0 Å². The van der Waals surface area contributed by atoms with Crippen LogP contribution < -0.4 is 4.90 Å². The van der Waals surface area contributed by atoms with Crippen LogP contribution in [0, 0.1) is 0 Å². The average Bonchev–Trinajstić information content (AvgIpc) is 2.64. The van der Waals surface area contributed by atoms with Gasteiger partial charge in [-0.25, -0.2) is 0 Å². The number of hydrogen-bond donors (Lipinski definition) is 0. The van der Waals surface area contributed by atoms with Gasteiger partial charge in [-0.15, -0.1) is 0 Å². The molecule has 0 aromatic heterocycles. The van der Waals surface area contributed by atoms with E-state index in [0.29, 0.717) is 11.1 Å². The molecule has 0 aliphatic heterocycles. The van der Waals surface area contributed by atoms with E-state index in [1.54, 1.807) is 36.4 Å². The first-order valence-corrected chi connectivity index (χ1v) is 9.05. The third-order valence-electron chi connectivity index (χ3n) is 3.57. The van der Waals surface area contributed by atoms with E-state index in [2.05, 4.69) is 34.7 Å². The largest absolute Gasteiger partial charge is 0.372 e. The summed E-state index contributed by atoms with van der Waals surface area (Å²) in [4.78, 5) is 26.7. The van der Waals surface area contributed by atoms with Gasteiger partial charge >= 0.3 is 0 Å². The van der Waals surface area contributed by atoms with Crippen LogP contribution in [-0.2, 0) is 0 Å². The maximum absolute atomic E-state index is 12.3. The zero-order chi connectivity index (χ0) is 18.1. The van der Waals surface area contributed by atoms with E-state index in [4.69, 9.17) is 0 Å². The van der Waals surface area contributed by atoms with Gasteiger partial charge in [0.15, 0.2) is 0 Å². The van der Waals surface area contributed by atoms with Crippen molar-refractivity contribution in [2.45, 2.75) is 27.7 Å². The molecule has 0 atom stereocenters. The molecule has 4 heteroatoms. The summed E-state index contributed by atoms with van der Waals surface area (Å²) in [5, 5.41) is 0. The second-order valence-corrected chi connectivity index (χ2v) is 5.80. The number of benzene rings is 2. The summed E-state index contributed by atoms with van der Waals surface area (Å²) in [7, 11) is 0. The lowest BCUT2D eigenvalue weighted by molar-refractivity contribution is 0.0817. The number of carbonyl (C=O) groups is 2. The fourth-order valence-electron chi connectivity index (χ4n) is 2.28. The predicted molar refractivity (Wildman–Crippen MR) is 104 cm³/mol. The molecule has 128 valence electrons. The van der Waals surface area contributed by atoms with Gasteiger partial charge in [-0.1, -0.05) is 29.8 Å². The van der Waals surface area contributed by atoms with E-state index in [9.17, 15) is 9.59 Å². The van der Waals surface area contributed by atoms with E-state index < -0.39 is 11.6 Å². The molecule has 2 aromatic carbocycles. The molecule has 0 saturated heterocycles. The number of anilines is 1. The average molecular weight is 390 g/mol. The molecule has 0 amide bonds. The molecule has 0 bridgehead atoms. The molecular weight excluding hydrogens is 366 g/mol. The van der Waals surface area contributed by atoms with Crippen molar-refractivity contribution in [2.24, 2.45) is 0 Å². The van der Waals surface area contributed by atoms with Gasteiger partial charge in [0.25, 0.3) is 0 Å². The molecule has 0 saturated carbocycles. The summed E-state index contributed by atoms with van der Waals surface area (Å²) in [5.74, 6) is -0.962. The van der Waals surface area contributed by atoms with Crippen molar-refractivity contribution >= 4 is 33.2 Å². The number of halogens is 1. The second kappa shape index (κ2) is 10.0. The van der Waals surface area contributed by atoms with Gasteiger partial charge in [0.1, 0.15) is 0 Å². The van der Waals surface area contributed by atoms with Crippen LogP contribution in [0.4, 0.5) is 5.69 Å². The number of ketones is 2. The van der Waals surface area contributed by atoms with E-state index in [-0.39, 0.29) is 0 Å². The molecule has 0 heterocycles. The first-order chi connectivity index (χ1) is 11.6. The molecular formula is C20H24BrNO2. The minimum atomic E-state index is -0.483. The number of Topliss-reactive ketones (excluding diaryl/α,β-unsaturated/α-hetero) is 2. The highest BCUT2D eigenvalue weighted by Gasteiger charge is 2.18. The molecule has 0 radical (unpaired) electrons. The van der Waals surface area contributed by atoms with Gasteiger partial charge in [-0.05, 0) is 62.4 Å². The fourth-order valence-corrected chi connectivity index (χ4v) is 2.54. The third-order valence-corrected chi connectivity index (χ3v) is 4.10. The molecule has 3 nitrogen and oxygen atoms in total. The van der Waals surface area contributed by atoms with Crippen LogP contribution in [0.1, 0.15) is 48.4 Å². The van der Waals surface area contributed by atoms with E-state index in [1.807, 2.05) is 26.0 Å². The van der Waals surface area contributed by atoms with Crippen molar-refractivity contribution in [2.75, 3.05) is 18.0 Å². The molecule has 0 spiro atoms. The monoisotopic (exact) mass is 389 g/mol. The minimum absolute atomic E-state index is 0.404. The van der Waals surface area contributed by atoms with Gasteiger partial charge in [0.2, 0.25) is 11.6 Å². The molecule has 0 N–H and O–H groups in total. The Kier molecular flexibility index (Phi) is 8.41. The van der Waals surface area contributed by atoms with Gasteiger partial charge < -0.3 is 4.90 Å². The lowest BCUT2D eigenvalue weighted by atomic mass is 10.0. The molecule has 0 aliphatic carbocycles. The SMILES string of the molecule is CC.CCN(CC)c1ccc(C(=O)C(=O)c2ccc(Br)cc2)cc1. The minimum Gasteiger partial charge on any atom is -0.372 e. The molecule has 0 aliphatic rings.